The number of aromatic amines is 1. The van der Waals surface area contributed by atoms with Gasteiger partial charge >= 0.3 is 6.03 Å². The zero-order chi connectivity index (χ0) is 10.7. The second-order valence-electron chi connectivity index (χ2n) is 2.86. The van der Waals surface area contributed by atoms with Crippen LogP contribution in [0.15, 0.2) is 24.3 Å². The molecular formula is C9H10N4O2. The molecule has 0 spiro atoms. The third kappa shape index (κ3) is 2.05. The smallest absolute Gasteiger partial charge is 0.324 e. The van der Waals surface area contributed by atoms with Gasteiger partial charge in [0.1, 0.15) is 0 Å². The number of hydroxylamine groups is 1. The van der Waals surface area contributed by atoms with Crippen LogP contribution in [0.5, 0.6) is 0 Å². The topological polar surface area (TPSA) is 79.0 Å². The standard InChI is InChI=1S/C9H10N4O2/c1-15-13-9(14)12-8-10-6-4-2-3-5-7(6)11-8/h2-5H,1H3,(H3,10,11,12,13,14). The molecule has 0 saturated carbocycles. The molecule has 15 heavy (non-hydrogen) atoms. The number of hydrogen-bond acceptors (Lipinski definition) is 3. The van der Waals surface area contributed by atoms with Crippen LogP contribution in [0.4, 0.5) is 10.7 Å². The largest absolute Gasteiger partial charge is 0.345 e. The summed E-state index contributed by atoms with van der Waals surface area (Å²) >= 11 is 0. The van der Waals surface area contributed by atoms with Crippen molar-refractivity contribution in [3.8, 4) is 0 Å². The van der Waals surface area contributed by atoms with E-state index >= 15 is 0 Å². The first-order chi connectivity index (χ1) is 7.29. The number of carbonyl (C=O) groups is 1. The fraction of sp³-hybridized carbons (Fsp3) is 0.111. The van der Waals surface area contributed by atoms with Crippen LogP contribution in [-0.2, 0) is 4.84 Å². The Morgan fingerprint density at radius 1 is 1.47 bits per heavy atom. The third-order valence-corrected chi connectivity index (χ3v) is 1.82. The zero-order valence-corrected chi connectivity index (χ0v) is 8.07. The summed E-state index contributed by atoms with van der Waals surface area (Å²) in [6.07, 6.45) is 0. The Balaban J connectivity index is 2.18. The van der Waals surface area contributed by atoms with E-state index in [1.807, 2.05) is 24.3 Å². The lowest BCUT2D eigenvalue weighted by molar-refractivity contribution is 0.114. The van der Waals surface area contributed by atoms with E-state index in [4.69, 9.17) is 0 Å². The molecule has 0 bridgehead atoms. The summed E-state index contributed by atoms with van der Waals surface area (Å²) in [6.45, 7) is 0. The van der Waals surface area contributed by atoms with Gasteiger partial charge in [0.15, 0.2) is 0 Å². The van der Waals surface area contributed by atoms with Crippen LogP contribution in [0.25, 0.3) is 11.0 Å². The minimum absolute atomic E-state index is 0.380. The first-order valence-corrected chi connectivity index (χ1v) is 4.34. The number of aromatic nitrogens is 2. The van der Waals surface area contributed by atoms with Crippen molar-refractivity contribution in [3.05, 3.63) is 24.3 Å². The van der Waals surface area contributed by atoms with Crippen LogP contribution in [-0.4, -0.2) is 23.1 Å². The van der Waals surface area contributed by atoms with Crippen LogP contribution >= 0.6 is 0 Å². The first kappa shape index (κ1) is 9.47. The molecule has 0 fully saturated rings. The SMILES string of the molecule is CONC(=O)Nc1nc2ccccc2[nH]1. The molecule has 0 radical (unpaired) electrons. The molecule has 0 saturated heterocycles. The number of H-pyrrole nitrogens is 1. The Bertz CT molecular complexity index is 447. The molecule has 1 heterocycles. The molecule has 6 heteroatoms. The second-order valence-corrected chi connectivity index (χ2v) is 2.86. The zero-order valence-electron chi connectivity index (χ0n) is 8.07. The number of fused-ring (bicyclic) bond motifs is 1. The Morgan fingerprint density at radius 3 is 3.00 bits per heavy atom. The summed E-state index contributed by atoms with van der Waals surface area (Å²) in [4.78, 5) is 22.6. The van der Waals surface area contributed by atoms with Crippen molar-refractivity contribution in [1.82, 2.24) is 15.4 Å². The molecule has 1 aromatic carbocycles. The number of urea groups is 1. The summed E-state index contributed by atoms with van der Waals surface area (Å²) in [5, 5.41) is 2.49. The predicted molar refractivity (Wildman–Crippen MR) is 55.3 cm³/mol. The normalized spacial score (nSPS) is 10.2. The monoisotopic (exact) mass is 206 g/mol. The Hall–Kier alpha value is -2.08. The molecule has 3 N–H and O–H groups in total. The van der Waals surface area contributed by atoms with Gasteiger partial charge in [0.2, 0.25) is 5.95 Å². The number of hydrogen-bond donors (Lipinski definition) is 3. The van der Waals surface area contributed by atoms with Crippen LogP contribution in [0.3, 0.4) is 0 Å². The maximum Gasteiger partial charge on any atom is 0.345 e. The highest BCUT2D eigenvalue weighted by Gasteiger charge is 2.04. The summed E-state index contributed by atoms with van der Waals surface area (Å²) in [5.41, 5.74) is 3.79. The lowest BCUT2D eigenvalue weighted by Gasteiger charge is -2.00. The van der Waals surface area contributed by atoms with Gasteiger partial charge in [0.05, 0.1) is 18.1 Å². The van der Waals surface area contributed by atoms with Gasteiger partial charge in [-0.15, -0.1) is 0 Å². The minimum atomic E-state index is -0.475. The van der Waals surface area contributed by atoms with E-state index in [2.05, 4.69) is 25.6 Å². The van der Waals surface area contributed by atoms with E-state index in [0.29, 0.717) is 5.95 Å². The van der Waals surface area contributed by atoms with Crippen molar-refractivity contribution in [2.75, 3.05) is 12.4 Å². The molecule has 0 aliphatic heterocycles. The van der Waals surface area contributed by atoms with Crippen LogP contribution in [0.1, 0.15) is 0 Å². The quantitative estimate of drug-likeness (QED) is 0.647. The van der Waals surface area contributed by atoms with Crippen molar-refractivity contribution >= 4 is 23.0 Å². The number of benzene rings is 1. The van der Waals surface area contributed by atoms with Crippen LogP contribution in [0.2, 0.25) is 0 Å². The molecule has 0 aliphatic carbocycles. The van der Waals surface area contributed by atoms with Crippen LogP contribution in [0, 0.1) is 0 Å². The average molecular weight is 206 g/mol. The molecule has 2 aromatic rings. The molecule has 0 atom stereocenters. The average Bonchev–Trinajstić information content (AvgIpc) is 2.59. The molecule has 1 aromatic heterocycles. The number of anilines is 1. The van der Waals surface area contributed by atoms with E-state index in [1.165, 1.54) is 7.11 Å². The Kier molecular flexibility index (Phi) is 2.51. The number of para-hydroxylation sites is 2. The van der Waals surface area contributed by atoms with Crippen molar-refractivity contribution in [2.24, 2.45) is 0 Å². The van der Waals surface area contributed by atoms with Crippen molar-refractivity contribution in [2.45, 2.75) is 0 Å². The molecule has 78 valence electrons. The van der Waals surface area contributed by atoms with Crippen molar-refractivity contribution in [1.29, 1.82) is 0 Å². The first-order valence-electron chi connectivity index (χ1n) is 4.34. The van der Waals surface area contributed by atoms with Gasteiger partial charge < -0.3 is 4.98 Å². The predicted octanol–water partition coefficient (Wildman–Crippen LogP) is 1.25. The van der Waals surface area contributed by atoms with E-state index in [-0.39, 0.29) is 0 Å². The molecule has 2 rings (SSSR count). The van der Waals surface area contributed by atoms with E-state index in [9.17, 15) is 4.79 Å². The summed E-state index contributed by atoms with van der Waals surface area (Å²) < 4.78 is 0. The lowest BCUT2D eigenvalue weighted by Crippen LogP contribution is -2.27. The molecule has 0 aliphatic rings. The summed E-state index contributed by atoms with van der Waals surface area (Å²) in [7, 11) is 1.36. The third-order valence-electron chi connectivity index (χ3n) is 1.82. The fourth-order valence-corrected chi connectivity index (χ4v) is 1.24. The maximum absolute atomic E-state index is 11.1. The number of nitrogens with zero attached hydrogens (tertiary/aromatic N) is 1. The highest BCUT2D eigenvalue weighted by atomic mass is 16.6. The van der Waals surface area contributed by atoms with Gasteiger partial charge in [-0.25, -0.2) is 15.3 Å². The summed E-state index contributed by atoms with van der Waals surface area (Å²) in [5.74, 6) is 0.380. The van der Waals surface area contributed by atoms with Gasteiger partial charge in [-0.3, -0.25) is 10.2 Å². The van der Waals surface area contributed by atoms with Gasteiger partial charge in [-0.05, 0) is 12.1 Å². The van der Waals surface area contributed by atoms with E-state index in [1.54, 1.807) is 0 Å². The second kappa shape index (κ2) is 3.97. The Labute approximate surface area is 85.6 Å². The molecule has 2 amide bonds. The van der Waals surface area contributed by atoms with Gasteiger partial charge in [-0.2, -0.15) is 0 Å². The fourth-order valence-electron chi connectivity index (χ4n) is 1.24. The van der Waals surface area contributed by atoms with E-state index < -0.39 is 6.03 Å². The molecular weight excluding hydrogens is 196 g/mol. The number of carbonyl (C=O) groups excluding carboxylic acids is 1. The highest BCUT2D eigenvalue weighted by molar-refractivity contribution is 5.89. The van der Waals surface area contributed by atoms with Crippen molar-refractivity contribution in [3.63, 3.8) is 0 Å². The highest BCUT2D eigenvalue weighted by Crippen LogP contribution is 2.12. The van der Waals surface area contributed by atoms with Gasteiger partial charge in [0, 0.05) is 0 Å². The van der Waals surface area contributed by atoms with Crippen LogP contribution < -0.4 is 10.8 Å². The lowest BCUT2D eigenvalue weighted by atomic mass is 10.3. The Morgan fingerprint density at radius 2 is 2.27 bits per heavy atom. The van der Waals surface area contributed by atoms with Gasteiger partial charge in [0.25, 0.3) is 0 Å². The van der Waals surface area contributed by atoms with Gasteiger partial charge in [-0.1, -0.05) is 12.1 Å². The summed E-state index contributed by atoms with van der Waals surface area (Å²) in [6, 6.07) is 7.02. The van der Waals surface area contributed by atoms with E-state index in [0.717, 1.165) is 11.0 Å². The van der Waals surface area contributed by atoms with Crippen molar-refractivity contribution < 1.29 is 9.63 Å². The molecule has 0 unspecified atom stereocenters. The number of nitrogens with one attached hydrogen (secondary N) is 3. The number of rotatable bonds is 2. The molecule has 6 nitrogen and oxygen atoms in total. The minimum Gasteiger partial charge on any atom is -0.324 e. The number of imidazole rings is 1. The maximum atomic E-state index is 11.1. The number of amides is 2.